The number of hydrogen-bond donors (Lipinski definition) is 0. The van der Waals surface area contributed by atoms with E-state index in [1.165, 1.54) is 0 Å². The van der Waals surface area contributed by atoms with Gasteiger partial charge in [-0.15, -0.1) is 22.7 Å². The van der Waals surface area contributed by atoms with Gasteiger partial charge in [-0.05, 0) is 17.5 Å². The van der Waals surface area contributed by atoms with Crippen molar-refractivity contribution in [3.63, 3.8) is 0 Å². The summed E-state index contributed by atoms with van der Waals surface area (Å²) in [5.41, 5.74) is 0. The van der Waals surface area contributed by atoms with E-state index in [9.17, 15) is 0 Å². The molecule has 0 spiro atoms. The van der Waals surface area contributed by atoms with Crippen molar-refractivity contribution in [3.05, 3.63) is 46.8 Å². The minimum Gasteiger partial charge on any atom is -0.333 e. The van der Waals surface area contributed by atoms with E-state index in [1.807, 2.05) is 41.8 Å². The Kier molecular flexibility index (Phi) is 2.84. The van der Waals surface area contributed by atoms with Gasteiger partial charge in [0.15, 0.2) is 0 Å². The first kappa shape index (κ1) is 12.1. The van der Waals surface area contributed by atoms with E-state index in [0.717, 1.165) is 19.8 Å². The minimum absolute atomic E-state index is 0.472. The Morgan fingerprint density at radius 3 is 2.80 bits per heavy atom. The number of thiophene rings is 2. The predicted octanol–water partition coefficient (Wildman–Crippen LogP) is 5.33. The molecule has 6 heteroatoms. The van der Waals surface area contributed by atoms with Crippen LogP contribution in [0.4, 0.5) is 0 Å². The Labute approximate surface area is 127 Å². The van der Waals surface area contributed by atoms with E-state index in [4.69, 9.17) is 16.1 Å². The second kappa shape index (κ2) is 4.70. The van der Waals surface area contributed by atoms with E-state index < -0.39 is 0 Å². The van der Waals surface area contributed by atoms with E-state index >= 15 is 0 Å². The number of rotatable bonds is 2. The maximum atomic E-state index is 6.41. The van der Waals surface area contributed by atoms with E-state index in [2.05, 4.69) is 10.1 Å². The second-order valence-electron chi connectivity index (χ2n) is 4.14. The molecule has 0 aliphatic carbocycles. The van der Waals surface area contributed by atoms with Crippen molar-refractivity contribution < 1.29 is 4.52 Å². The number of hydrogen-bond acceptors (Lipinski definition) is 5. The Morgan fingerprint density at radius 2 is 2.00 bits per heavy atom. The van der Waals surface area contributed by atoms with Crippen LogP contribution in [-0.2, 0) is 0 Å². The van der Waals surface area contributed by atoms with Crippen LogP contribution < -0.4 is 0 Å². The highest BCUT2D eigenvalue weighted by Gasteiger charge is 2.18. The number of fused-ring (bicyclic) bond motifs is 1. The van der Waals surface area contributed by atoms with Gasteiger partial charge < -0.3 is 4.52 Å². The van der Waals surface area contributed by atoms with Crippen molar-refractivity contribution >= 4 is 44.4 Å². The maximum absolute atomic E-state index is 6.41. The molecule has 0 bridgehead atoms. The normalized spacial score (nSPS) is 11.2. The lowest BCUT2D eigenvalue weighted by Crippen LogP contribution is -1.75. The smallest absolute Gasteiger partial charge is 0.269 e. The van der Waals surface area contributed by atoms with Gasteiger partial charge in [0.1, 0.15) is 4.88 Å². The van der Waals surface area contributed by atoms with Crippen molar-refractivity contribution in [3.8, 4) is 21.5 Å². The van der Waals surface area contributed by atoms with Gasteiger partial charge in [-0.2, -0.15) is 4.98 Å². The summed E-state index contributed by atoms with van der Waals surface area (Å²) in [5.74, 6) is 1.07. The van der Waals surface area contributed by atoms with Crippen LogP contribution in [0.2, 0.25) is 5.02 Å². The van der Waals surface area contributed by atoms with Crippen molar-refractivity contribution in [2.75, 3.05) is 0 Å². The van der Waals surface area contributed by atoms with Crippen molar-refractivity contribution in [1.82, 2.24) is 10.1 Å². The topological polar surface area (TPSA) is 38.9 Å². The zero-order valence-corrected chi connectivity index (χ0v) is 12.4. The molecule has 3 aromatic heterocycles. The highest BCUT2D eigenvalue weighted by Crippen LogP contribution is 2.41. The van der Waals surface area contributed by atoms with Gasteiger partial charge in [0.05, 0.1) is 9.90 Å². The van der Waals surface area contributed by atoms with Crippen LogP contribution in [0.1, 0.15) is 0 Å². The fourth-order valence-corrected chi connectivity index (χ4v) is 4.06. The zero-order chi connectivity index (χ0) is 13.5. The molecule has 20 heavy (non-hydrogen) atoms. The highest BCUT2D eigenvalue weighted by atomic mass is 35.5. The van der Waals surface area contributed by atoms with Gasteiger partial charge in [-0.1, -0.05) is 41.0 Å². The molecule has 0 atom stereocenters. The molecule has 1 aromatic carbocycles. The first-order valence-corrected chi connectivity index (χ1v) is 7.95. The molecule has 0 saturated carbocycles. The predicted molar refractivity (Wildman–Crippen MR) is 83.4 cm³/mol. The van der Waals surface area contributed by atoms with Crippen molar-refractivity contribution in [2.45, 2.75) is 0 Å². The summed E-state index contributed by atoms with van der Waals surface area (Å²) in [6, 6.07) is 11.9. The first-order chi connectivity index (χ1) is 9.83. The third-order valence-electron chi connectivity index (χ3n) is 2.90. The summed E-state index contributed by atoms with van der Waals surface area (Å²) < 4.78 is 6.47. The lowest BCUT2D eigenvalue weighted by Gasteiger charge is -1.89. The van der Waals surface area contributed by atoms with Gasteiger partial charge in [-0.25, -0.2) is 0 Å². The minimum atomic E-state index is 0.472. The Bertz CT molecular complexity index is 880. The summed E-state index contributed by atoms with van der Waals surface area (Å²) >= 11 is 9.55. The molecular formula is C14H7ClN2OS2. The van der Waals surface area contributed by atoms with Crippen LogP contribution in [0.15, 0.2) is 46.3 Å². The molecule has 4 rings (SSSR count). The van der Waals surface area contributed by atoms with Crippen molar-refractivity contribution in [1.29, 1.82) is 0 Å². The molecule has 0 fully saturated rings. The van der Waals surface area contributed by atoms with Crippen molar-refractivity contribution in [2.24, 2.45) is 0 Å². The second-order valence-corrected chi connectivity index (χ2v) is 6.52. The van der Waals surface area contributed by atoms with Crippen LogP contribution in [-0.4, -0.2) is 10.1 Å². The van der Waals surface area contributed by atoms with Crippen LogP contribution >= 0.6 is 34.3 Å². The number of nitrogens with zero attached hydrogens (tertiary/aromatic N) is 2. The van der Waals surface area contributed by atoms with Gasteiger partial charge in [-0.3, -0.25) is 0 Å². The zero-order valence-electron chi connectivity index (χ0n) is 10.0. The van der Waals surface area contributed by atoms with E-state index in [1.54, 1.807) is 22.7 Å². The van der Waals surface area contributed by atoms with Crippen LogP contribution in [0.3, 0.4) is 0 Å². The molecule has 0 aliphatic heterocycles. The summed E-state index contributed by atoms with van der Waals surface area (Å²) in [4.78, 5) is 6.24. The quantitative estimate of drug-likeness (QED) is 0.501. The van der Waals surface area contributed by atoms with Crippen LogP contribution in [0.5, 0.6) is 0 Å². The molecule has 0 aliphatic rings. The maximum Gasteiger partial charge on any atom is 0.269 e. The molecule has 0 N–H and O–H groups in total. The lowest BCUT2D eigenvalue weighted by atomic mass is 10.2. The fraction of sp³-hybridized carbons (Fsp3) is 0. The molecule has 4 aromatic rings. The Balaban J connectivity index is 1.85. The third-order valence-corrected chi connectivity index (χ3v) is 5.43. The standard InChI is InChI=1S/C14H7ClN2OS2/c15-11-8-4-1-2-5-9(8)20-12(11)14-16-13(17-18-14)10-6-3-7-19-10/h1-7H. The molecule has 3 heterocycles. The average molecular weight is 319 g/mol. The van der Waals surface area contributed by atoms with Gasteiger partial charge in [0, 0.05) is 10.1 Å². The summed E-state index contributed by atoms with van der Waals surface area (Å²) in [6.45, 7) is 0. The molecule has 0 unspecified atom stereocenters. The molecule has 98 valence electrons. The van der Waals surface area contributed by atoms with E-state index in [0.29, 0.717) is 16.7 Å². The monoisotopic (exact) mass is 318 g/mol. The molecule has 3 nitrogen and oxygen atoms in total. The van der Waals surface area contributed by atoms with Gasteiger partial charge in [0.2, 0.25) is 5.82 Å². The lowest BCUT2D eigenvalue weighted by molar-refractivity contribution is 0.433. The average Bonchev–Trinajstić information content (AvgIpc) is 3.17. The molecule has 0 radical (unpaired) electrons. The number of benzene rings is 1. The van der Waals surface area contributed by atoms with Gasteiger partial charge in [0.25, 0.3) is 5.89 Å². The van der Waals surface area contributed by atoms with Crippen LogP contribution in [0, 0.1) is 0 Å². The van der Waals surface area contributed by atoms with Gasteiger partial charge >= 0.3 is 0 Å². The third kappa shape index (κ3) is 1.86. The molecule has 0 amide bonds. The first-order valence-electron chi connectivity index (χ1n) is 5.88. The Hall–Kier alpha value is -1.69. The summed E-state index contributed by atoms with van der Waals surface area (Å²) in [5, 5.41) is 7.69. The largest absolute Gasteiger partial charge is 0.333 e. The molecular weight excluding hydrogens is 312 g/mol. The Morgan fingerprint density at radius 1 is 1.10 bits per heavy atom. The van der Waals surface area contributed by atoms with Crippen LogP contribution in [0.25, 0.3) is 31.6 Å². The number of halogens is 1. The number of aromatic nitrogens is 2. The summed E-state index contributed by atoms with van der Waals surface area (Å²) in [7, 11) is 0. The fourth-order valence-electron chi connectivity index (χ4n) is 1.97. The molecule has 0 saturated heterocycles. The highest BCUT2D eigenvalue weighted by molar-refractivity contribution is 7.23. The van der Waals surface area contributed by atoms with E-state index in [-0.39, 0.29) is 0 Å². The summed E-state index contributed by atoms with van der Waals surface area (Å²) in [6.07, 6.45) is 0. The SMILES string of the molecule is Clc1c(-c2nc(-c3cccs3)no2)sc2ccccc12.